The number of benzene rings is 1. The summed E-state index contributed by atoms with van der Waals surface area (Å²) in [7, 11) is 0. The molecule has 1 aliphatic rings. The second-order valence-corrected chi connectivity index (χ2v) is 8.97. The summed E-state index contributed by atoms with van der Waals surface area (Å²) in [4.78, 5) is 18.5. The van der Waals surface area contributed by atoms with Gasteiger partial charge in [0.15, 0.2) is 0 Å². The van der Waals surface area contributed by atoms with Crippen molar-refractivity contribution < 1.29 is 19.1 Å². The van der Waals surface area contributed by atoms with Gasteiger partial charge in [-0.05, 0) is 78.0 Å². The molecule has 1 fully saturated rings. The zero-order chi connectivity index (χ0) is 20.9. The largest absolute Gasteiger partial charge is 0.508 e. The van der Waals surface area contributed by atoms with Crippen LogP contribution >= 0.6 is 0 Å². The van der Waals surface area contributed by atoms with Crippen molar-refractivity contribution in [3.05, 3.63) is 42.0 Å². The Labute approximate surface area is 169 Å². The number of hydroxylamine groups is 2. The topological polar surface area (TPSA) is 48.0 Å². The maximum Gasteiger partial charge on any atom is 0.508 e. The molecule has 28 heavy (non-hydrogen) atoms. The first-order chi connectivity index (χ1) is 13.0. The van der Waals surface area contributed by atoms with Crippen molar-refractivity contribution in [2.75, 3.05) is 6.61 Å². The zero-order valence-corrected chi connectivity index (χ0v) is 18.2. The maximum absolute atomic E-state index is 11.9. The van der Waals surface area contributed by atoms with E-state index >= 15 is 0 Å². The highest BCUT2D eigenvalue weighted by Crippen LogP contribution is 2.40. The number of carbonyl (C=O) groups excluding carboxylic acids is 1. The molecular formula is C23H35NO4. The lowest BCUT2D eigenvalue weighted by Crippen LogP contribution is -2.58. The van der Waals surface area contributed by atoms with E-state index in [9.17, 15) is 4.79 Å². The molecule has 2 rings (SSSR count). The number of piperidine rings is 1. The predicted molar refractivity (Wildman–Crippen MR) is 112 cm³/mol. The van der Waals surface area contributed by atoms with Gasteiger partial charge in [0.2, 0.25) is 0 Å². The number of rotatable bonds is 7. The van der Waals surface area contributed by atoms with E-state index in [4.69, 9.17) is 14.3 Å². The van der Waals surface area contributed by atoms with E-state index in [0.29, 0.717) is 0 Å². The molecule has 0 aliphatic carbocycles. The van der Waals surface area contributed by atoms with Gasteiger partial charge in [-0.3, -0.25) is 4.84 Å². The number of hydrogen-bond donors (Lipinski definition) is 0. The van der Waals surface area contributed by atoms with E-state index in [1.165, 1.54) is 0 Å². The summed E-state index contributed by atoms with van der Waals surface area (Å²) in [6.45, 7) is 16.3. The van der Waals surface area contributed by atoms with Gasteiger partial charge < -0.3 is 9.47 Å². The second-order valence-electron chi connectivity index (χ2n) is 8.97. The number of nitrogens with zero attached hydrogens (tertiary/aromatic N) is 1. The van der Waals surface area contributed by atoms with Crippen LogP contribution < -0.4 is 0 Å². The number of ether oxygens (including phenoxy) is 2. The quantitative estimate of drug-likeness (QED) is 0.543. The summed E-state index contributed by atoms with van der Waals surface area (Å²) < 4.78 is 10.5. The summed E-state index contributed by atoms with van der Waals surface area (Å²) in [6, 6.07) is 7.94. The van der Waals surface area contributed by atoms with Gasteiger partial charge in [0.25, 0.3) is 0 Å². The van der Waals surface area contributed by atoms with Crippen molar-refractivity contribution >= 4 is 12.2 Å². The van der Waals surface area contributed by atoms with E-state index in [1.54, 1.807) is 19.9 Å². The van der Waals surface area contributed by atoms with Crippen LogP contribution in [0.5, 0.6) is 0 Å². The van der Waals surface area contributed by atoms with Gasteiger partial charge in [-0.2, -0.15) is 5.06 Å². The van der Waals surface area contributed by atoms with Gasteiger partial charge in [0.05, 0.1) is 6.10 Å². The number of hydrogen-bond acceptors (Lipinski definition) is 5. The molecule has 0 amide bonds. The van der Waals surface area contributed by atoms with Gasteiger partial charge in [-0.15, -0.1) is 0 Å². The first-order valence-electron chi connectivity index (χ1n) is 10.1. The third-order valence-electron chi connectivity index (χ3n) is 5.11. The van der Waals surface area contributed by atoms with Crippen LogP contribution in [0.1, 0.15) is 78.0 Å². The van der Waals surface area contributed by atoms with Crippen molar-refractivity contribution in [3.63, 3.8) is 0 Å². The molecule has 1 heterocycles. The Hall–Kier alpha value is -1.85. The van der Waals surface area contributed by atoms with Gasteiger partial charge >= 0.3 is 6.16 Å². The Morgan fingerprint density at radius 3 is 2.43 bits per heavy atom. The lowest BCUT2D eigenvalue weighted by Gasteiger charge is -2.52. The molecule has 1 atom stereocenters. The van der Waals surface area contributed by atoms with Crippen LogP contribution in [0, 0.1) is 0 Å². The third kappa shape index (κ3) is 5.82. The third-order valence-corrected chi connectivity index (χ3v) is 5.11. The van der Waals surface area contributed by atoms with Crippen molar-refractivity contribution in [3.8, 4) is 0 Å². The molecule has 1 aliphatic heterocycles. The smallest absolute Gasteiger partial charge is 0.432 e. The van der Waals surface area contributed by atoms with Crippen molar-refractivity contribution in [1.82, 2.24) is 5.06 Å². The molecule has 0 bridgehead atoms. The van der Waals surface area contributed by atoms with E-state index in [1.807, 2.05) is 24.3 Å². The van der Waals surface area contributed by atoms with Crippen LogP contribution in [0.25, 0.3) is 6.08 Å². The van der Waals surface area contributed by atoms with Crippen LogP contribution in [0.2, 0.25) is 0 Å². The minimum Gasteiger partial charge on any atom is -0.432 e. The van der Waals surface area contributed by atoms with Gasteiger partial charge in [-0.1, -0.05) is 30.9 Å². The summed E-state index contributed by atoms with van der Waals surface area (Å²) in [5.74, 6) is 0. The average molecular weight is 390 g/mol. The van der Waals surface area contributed by atoms with Gasteiger partial charge in [0.1, 0.15) is 12.7 Å². The SMILES string of the molecule is C=Cc1cccc(C(COC(=O)OC(C)C)ON2C(C)(C)CCCC2(C)C)c1. The highest BCUT2D eigenvalue weighted by molar-refractivity contribution is 5.60. The Balaban J connectivity index is 2.26. The summed E-state index contributed by atoms with van der Waals surface area (Å²) >= 11 is 0. The Bertz CT molecular complexity index is 665. The molecule has 1 saturated heterocycles. The summed E-state index contributed by atoms with van der Waals surface area (Å²) in [5, 5.41) is 2.09. The molecule has 5 heteroatoms. The van der Waals surface area contributed by atoms with Crippen LogP contribution in [0.3, 0.4) is 0 Å². The molecule has 5 nitrogen and oxygen atoms in total. The fourth-order valence-electron chi connectivity index (χ4n) is 3.83. The molecule has 1 aromatic rings. The van der Waals surface area contributed by atoms with Crippen LogP contribution in [0.4, 0.5) is 4.79 Å². The highest BCUT2D eigenvalue weighted by Gasteiger charge is 2.44. The fourth-order valence-corrected chi connectivity index (χ4v) is 3.83. The Morgan fingerprint density at radius 1 is 1.21 bits per heavy atom. The van der Waals surface area contributed by atoms with Gasteiger partial charge in [0, 0.05) is 11.1 Å². The van der Waals surface area contributed by atoms with E-state index in [2.05, 4.69) is 39.3 Å². The van der Waals surface area contributed by atoms with Crippen LogP contribution in [0.15, 0.2) is 30.8 Å². The number of carbonyl (C=O) groups is 1. The average Bonchev–Trinajstić information content (AvgIpc) is 2.59. The second kappa shape index (κ2) is 9.10. The molecular weight excluding hydrogens is 354 g/mol. The normalized spacial score (nSPS) is 19.8. The summed E-state index contributed by atoms with van der Waals surface area (Å²) in [6.07, 6.45) is 3.71. The lowest BCUT2D eigenvalue weighted by atomic mass is 9.82. The molecule has 0 N–H and O–H groups in total. The Morgan fingerprint density at radius 2 is 1.86 bits per heavy atom. The van der Waals surface area contributed by atoms with Crippen molar-refractivity contribution in [2.45, 2.75) is 84.1 Å². The maximum atomic E-state index is 11.9. The minimum absolute atomic E-state index is 0.0782. The zero-order valence-electron chi connectivity index (χ0n) is 18.2. The van der Waals surface area contributed by atoms with Crippen LogP contribution in [-0.2, 0) is 14.3 Å². The van der Waals surface area contributed by atoms with E-state index in [-0.39, 0.29) is 23.8 Å². The van der Waals surface area contributed by atoms with E-state index < -0.39 is 12.3 Å². The minimum atomic E-state index is -0.680. The van der Waals surface area contributed by atoms with Crippen LogP contribution in [-0.4, -0.2) is 35.0 Å². The highest BCUT2D eigenvalue weighted by atomic mass is 16.7. The molecule has 156 valence electrons. The standard InChI is InChI=1S/C23H35NO4/c1-8-18-11-9-12-19(15-18)20(16-26-21(25)27-17(2)3)28-24-22(4,5)13-10-14-23(24,6)7/h8-9,11-12,15,17,20H,1,10,13-14,16H2,2-7H3. The first kappa shape index (κ1) is 22.4. The molecule has 0 aromatic heterocycles. The molecule has 0 saturated carbocycles. The lowest BCUT2D eigenvalue weighted by molar-refractivity contribution is -0.311. The monoisotopic (exact) mass is 389 g/mol. The van der Waals surface area contributed by atoms with Gasteiger partial charge in [-0.25, -0.2) is 4.79 Å². The first-order valence-corrected chi connectivity index (χ1v) is 10.1. The molecule has 1 aromatic carbocycles. The predicted octanol–water partition coefficient (Wildman–Crippen LogP) is 5.91. The molecule has 0 radical (unpaired) electrons. The van der Waals surface area contributed by atoms with Crippen molar-refractivity contribution in [1.29, 1.82) is 0 Å². The Kier molecular flexibility index (Phi) is 7.29. The summed E-state index contributed by atoms with van der Waals surface area (Å²) in [5.41, 5.74) is 1.70. The fraction of sp³-hybridized carbons (Fsp3) is 0.609. The van der Waals surface area contributed by atoms with Crippen molar-refractivity contribution in [2.24, 2.45) is 0 Å². The molecule has 0 spiro atoms. The molecule has 1 unspecified atom stereocenters. The van der Waals surface area contributed by atoms with E-state index in [0.717, 1.165) is 30.4 Å².